The molecule has 26 heavy (non-hydrogen) atoms. The molecule has 0 aliphatic rings. The van der Waals surface area contributed by atoms with Crippen molar-refractivity contribution < 1.29 is 18.8 Å². The number of Topliss-reactive ketones (excluding diaryl/α,β-unsaturated/α-hetero) is 1. The number of carbonyl (C=O) groups excluding carboxylic acids is 3. The molecule has 1 aromatic heterocycles. The topological polar surface area (TPSA) is 105 Å². The van der Waals surface area contributed by atoms with Crippen molar-refractivity contribution in [1.82, 2.24) is 5.32 Å². The average molecular weight is 358 g/mol. The van der Waals surface area contributed by atoms with E-state index >= 15 is 0 Å². The van der Waals surface area contributed by atoms with Crippen molar-refractivity contribution in [2.75, 3.05) is 5.32 Å². The molecule has 0 saturated heterocycles. The van der Waals surface area contributed by atoms with Crippen molar-refractivity contribution in [3.05, 3.63) is 40.2 Å². The summed E-state index contributed by atoms with van der Waals surface area (Å²) >= 11 is 0. The van der Waals surface area contributed by atoms with Gasteiger partial charge in [-0.15, -0.1) is 0 Å². The molecule has 7 nitrogen and oxygen atoms in total. The number of hydrogen-bond donors (Lipinski definition) is 2. The summed E-state index contributed by atoms with van der Waals surface area (Å²) in [4.78, 5) is 46.9. The SMILES string of the molecule is CC(=O)C(=O)N[C@@H](CC(C)C)C(=O)Nc1ccc2c(C)cc(=O)oc2c1. The van der Waals surface area contributed by atoms with Crippen molar-refractivity contribution in [3.8, 4) is 0 Å². The molecule has 0 bridgehead atoms. The van der Waals surface area contributed by atoms with E-state index in [4.69, 9.17) is 4.42 Å². The molecular weight excluding hydrogens is 336 g/mol. The van der Waals surface area contributed by atoms with E-state index in [1.807, 2.05) is 13.8 Å². The molecule has 0 radical (unpaired) electrons. The Morgan fingerprint density at radius 1 is 1.15 bits per heavy atom. The maximum Gasteiger partial charge on any atom is 0.336 e. The van der Waals surface area contributed by atoms with E-state index in [1.54, 1.807) is 25.1 Å². The molecule has 2 rings (SSSR count). The second-order valence-corrected chi connectivity index (χ2v) is 6.66. The van der Waals surface area contributed by atoms with Crippen LogP contribution in [0.2, 0.25) is 0 Å². The Morgan fingerprint density at radius 3 is 2.46 bits per heavy atom. The Hall–Kier alpha value is -2.96. The number of ketones is 1. The first-order chi connectivity index (χ1) is 12.2. The zero-order valence-corrected chi connectivity index (χ0v) is 15.2. The molecule has 2 N–H and O–H groups in total. The summed E-state index contributed by atoms with van der Waals surface area (Å²) in [6.45, 7) is 6.77. The number of anilines is 1. The van der Waals surface area contributed by atoms with Gasteiger partial charge < -0.3 is 15.1 Å². The Morgan fingerprint density at radius 2 is 1.85 bits per heavy atom. The lowest BCUT2D eigenvalue weighted by molar-refractivity contribution is -0.138. The minimum absolute atomic E-state index is 0.135. The van der Waals surface area contributed by atoms with Crippen molar-refractivity contribution in [2.45, 2.75) is 40.2 Å². The molecular formula is C19H22N2O5. The summed E-state index contributed by atoms with van der Waals surface area (Å²) in [5.41, 5.74) is 1.11. The molecule has 1 heterocycles. The molecule has 0 aliphatic carbocycles. The molecule has 2 amide bonds. The van der Waals surface area contributed by atoms with Crippen molar-refractivity contribution >= 4 is 34.3 Å². The fraction of sp³-hybridized carbons (Fsp3) is 0.368. The van der Waals surface area contributed by atoms with Crippen molar-refractivity contribution in [2.24, 2.45) is 5.92 Å². The number of aryl methyl sites for hydroxylation is 1. The third-order valence-corrected chi connectivity index (χ3v) is 3.87. The number of rotatable bonds is 6. The van der Waals surface area contributed by atoms with Gasteiger partial charge in [-0.1, -0.05) is 13.8 Å². The van der Waals surface area contributed by atoms with E-state index in [-0.39, 0.29) is 5.92 Å². The van der Waals surface area contributed by atoms with Gasteiger partial charge in [-0.3, -0.25) is 14.4 Å². The van der Waals surface area contributed by atoms with Gasteiger partial charge in [0.05, 0.1) is 0 Å². The highest BCUT2D eigenvalue weighted by Gasteiger charge is 2.23. The van der Waals surface area contributed by atoms with Crippen LogP contribution in [-0.4, -0.2) is 23.6 Å². The van der Waals surface area contributed by atoms with Gasteiger partial charge in [-0.05, 0) is 37.0 Å². The van der Waals surface area contributed by atoms with Gasteiger partial charge in [0, 0.05) is 30.1 Å². The number of carbonyl (C=O) groups is 3. The largest absolute Gasteiger partial charge is 0.423 e. The van der Waals surface area contributed by atoms with Gasteiger partial charge in [0.2, 0.25) is 11.7 Å². The molecule has 0 saturated carbocycles. The Bertz CT molecular complexity index is 914. The summed E-state index contributed by atoms with van der Waals surface area (Å²) in [7, 11) is 0. The Balaban J connectivity index is 2.24. The lowest BCUT2D eigenvalue weighted by Gasteiger charge is -2.19. The van der Waals surface area contributed by atoms with Gasteiger partial charge in [0.15, 0.2) is 0 Å². The van der Waals surface area contributed by atoms with Gasteiger partial charge >= 0.3 is 5.63 Å². The lowest BCUT2D eigenvalue weighted by Crippen LogP contribution is -2.46. The number of nitrogens with one attached hydrogen (secondary N) is 2. The molecule has 0 spiro atoms. The second kappa shape index (κ2) is 7.95. The molecule has 2 aromatic rings. The predicted octanol–water partition coefficient (Wildman–Crippen LogP) is 2.16. The summed E-state index contributed by atoms with van der Waals surface area (Å²) in [6.07, 6.45) is 0.382. The maximum absolute atomic E-state index is 12.5. The minimum Gasteiger partial charge on any atom is -0.423 e. The van der Waals surface area contributed by atoms with Gasteiger partial charge in [0.25, 0.3) is 5.91 Å². The number of benzene rings is 1. The smallest absolute Gasteiger partial charge is 0.336 e. The molecule has 1 atom stereocenters. The first-order valence-electron chi connectivity index (χ1n) is 8.34. The first kappa shape index (κ1) is 19.4. The van der Waals surface area contributed by atoms with Crippen LogP contribution in [0.3, 0.4) is 0 Å². The summed E-state index contributed by atoms with van der Waals surface area (Å²) in [5, 5.41) is 5.91. The fourth-order valence-electron chi connectivity index (χ4n) is 2.59. The van der Waals surface area contributed by atoms with Crippen LogP contribution in [0.5, 0.6) is 0 Å². The van der Waals surface area contributed by atoms with Gasteiger partial charge in [-0.2, -0.15) is 0 Å². The average Bonchev–Trinajstić information content (AvgIpc) is 2.52. The summed E-state index contributed by atoms with van der Waals surface area (Å²) < 4.78 is 5.16. The number of fused-ring (bicyclic) bond motifs is 1. The van der Waals surface area contributed by atoms with Crippen LogP contribution in [0.1, 0.15) is 32.8 Å². The summed E-state index contributed by atoms with van der Waals surface area (Å²) in [5.74, 6) is -1.77. The van der Waals surface area contributed by atoms with E-state index in [1.165, 1.54) is 6.07 Å². The van der Waals surface area contributed by atoms with Crippen molar-refractivity contribution in [3.63, 3.8) is 0 Å². The maximum atomic E-state index is 12.5. The van der Waals surface area contributed by atoms with Crippen LogP contribution < -0.4 is 16.3 Å². The van der Waals surface area contributed by atoms with Crippen LogP contribution >= 0.6 is 0 Å². The quantitative estimate of drug-likeness (QED) is 0.608. The highest BCUT2D eigenvalue weighted by atomic mass is 16.4. The van der Waals surface area contributed by atoms with Crippen LogP contribution in [0.25, 0.3) is 11.0 Å². The lowest BCUT2D eigenvalue weighted by atomic mass is 10.0. The van der Waals surface area contributed by atoms with Crippen LogP contribution in [0.4, 0.5) is 5.69 Å². The van der Waals surface area contributed by atoms with E-state index < -0.39 is 29.3 Å². The van der Waals surface area contributed by atoms with Crippen LogP contribution in [-0.2, 0) is 14.4 Å². The standard InChI is InChI=1S/C19H22N2O5/c1-10(2)7-15(21-18(24)12(4)22)19(25)20-13-5-6-14-11(3)8-17(23)26-16(14)9-13/h5-6,8-10,15H,7H2,1-4H3,(H,20,25)(H,21,24)/t15-/m0/s1. The molecule has 0 aliphatic heterocycles. The zero-order chi connectivity index (χ0) is 19.4. The third-order valence-electron chi connectivity index (χ3n) is 3.87. The van der Waals surface area contributed by atoms with Gasteiger partial charge in [-0.25, -0.2) is 4.79 Å². The number of hydrogen-bond acceptors (Lipinski definition) is 5. The van der Waals surface area contributed by atoms with E-state index in [2.05, 4.69) is 10.6 Å². The molecule has 1 aromatic carbocycles. The summed E-state index contributed by atoms with van der Waals surface area (Å²) in [6, 6.07) is 5.55. The normalized spacial score (nSPS) is 12.0. The highest BCUT2D eigenvalue weighted by Crippen LogP contribution is 2.21. The predicted molar refractivity (Wildman–Crippen MR) is 97.9 cm³/mol. The third kappa shape index (κ3) is 4.78. The number of amides is 2. The fourth-order valence-corrected chi connectivity index (χ4v) is 2.59. The Kier molecular flexibility index (Phi) is 5.92. The van der Waals surface area contributed by atoms with Crippen molar-refractivity contribution in [1.29, 1.82) is 0 Å². The van der Waals surface area contributed by atoms with E-state index in [0.29, 0.717) is 17.7 Å². The molecule has 0 fully saturated rings. The van der Waals surface area contributed by atoms with E-state index in [9.17, 15) is 19.2 Å². The monoisotopic (exact) mass is 358 g/mol. The molecule has 138 valence electrons. The zero-order valence-electron chi connectivity index (χ0n) is 15.2. The minimum atomic E-state index is -0.841. The van der Waals surface area contributed by atoms with E-state index in [0.717, 1.165) is 17.9 Å². The molecule has 0 unspecified atom stereocenters. The Labute approximate surface area is 150 Å². The van der Waals surface area contributed by atoms with Crippen LogP contribution in [0.15, 0.2) is 33.5 Å². The molecule has 7 heteroatoms. The second-order valence-electron chi connectivity index (χ2n) is 6.66. The van der Waals surface area contributed by atoms with Crippen LogP contribution in [0, 0.1) is 12.8 Å². The first-order valence-corrected chi connectivity index (χ1v) is 8.34. The highest BCUT2D eigenvalue weighted by molar-refractivity contribution is 6.35. The van der Waals surface area contributed by atoms with Gasteiger partial charge in [0.1, 0.15) is 11.6 Å².